The van der Waals surface area contributed by atoms with Gasteiger partial charge in [-0.2, -0.15) is 5.10 Å². The van der Waals surface area contributed by atoms with E-state index in [1.807, 2.05) is 6.07 Å². The van der Waals surface area contributed by atoms with E-state index < -0.39 is 16.7 Å². The highest BCUT2D eigenvalue weighted by atomic mass is 35.5. The lowest BCUT2D eigenvalue weighted by atomic mass is 10.2. The van der Waals surface area contributed by atoms with Gasteiger partial charge in [0, 0.05) is 26.4 Å². The van der Waals surface area contributed by atoms with Crippen LogP contribution >= 0.6 is 34.8 Å². The predicted molar refractivity (Wildman–Crippen MR) is 109 cm³/mol. The lowest BCUT2D eigenvalue weighted by Crippen LogP contribution is -2.17. The van der Waals surface area contributed by atoms with Crippen LogP contribution in [-0.2, 0) is 22.3 Å². The molecule has 1 N–H and O–H groups in total. The first kappa shape index (κ1) is 18.5. The standard InChI is InChI=1S/C18H12Cl3N3O2S/c19-10-2-1-3-12(6-10)24-17(14-8-27(26)9-16(14)23-24)22-18(25)13-5-4-11(20)7-15(13)21/h1-7H,8-9H2,(H,22,25)/t27-/m1/s1. The summed E-state index contributed by atoms with van der Waals surface area (Å²) in [6, 6.07) is 11.8. The van der Waals surface area contributed by atoms with Crippen molar-refractivity contribution in [2.75, 3.05) is 5.32 Å². The largest absolute Gasteiger partial charge is 0.306 e. The van der Waals surface area contributed by atoms with Crippen LogP contribution < -0.4 is 5.32 Å². The average Bonchev–Trinajstić information content (AvgIpc) is 3.12. The molecule has 1 aromatic heterocycles. The van der Waals surface area contributed by atoms with E-state index >= 15 is 0 Å². The van der Waals surface area contributed by atoms with E-state index in [1.54, 1.807) is 35.0 Å². The highest BCUT2D eigenvalue weighted by molar-refractivity contribution is 7.83. The summed E-state index contributed by atoms with van der Waals surface area (Å²) in [5, 5.41) is 8.63. The summed E-state index contributed by atoms with van der Waals surface area (Å²) in [6.07, 6.45) is 0. The fraction of sp³-hybridized carbons (Fsp3) is 0.111. The lowest BCUT2D eigenvalue weighted by molar-refractivity contribution is 0.102. The molecule has 0 spiro atoms. The molecule has 138 valence electrons. The van der Waals surface area contributed by atoms with E-state index in [0.717, 1.165) is 5.56 Å². The molecule has 9 heteroatoms. The summed E-state index contributed by atoms with van der Waals surface area (Å²) >= 11 is 18.1. The molecule has 1 atom stereocenters. The van der Waals surface area contributed by atoms with E-state index in [0.29, 0.717) is 38.8 Å². The zero-order valence-electron chi connectivity index (χ0n) is 13.7. The number of hydrogen-bond acceptors (Lipinski definition) is 3. The summed E-state index contributed by atoms with van der Waals surface area (Å²) in [5.41, 5.74) is 2.44. The Balaban J connectivity index is 1.77. The summed E-state index contributed by atoms with van der Waals surface area (Å²) in [6.45, 7) is 0. The van der Waals surface area contributed by atoms with Crippen molar-refractivity contribution in [3.05, 3.63) is 74.4 Å². The number of hydrogen-bond donors (Lipinski definition) is 1. The van der Waals surface area contributed by atoms with Crippen molar-refractivity contribution in [1.82, 2.24) is 9.78 Å². The van der Waals surface area contributed by atoms with Crippen molar-refractivity contribution in [3.63, 3.8) is 0 Å². The summed E-state index contributed by atoms with van der Waals surface area (Å²) in [5.74, 6) is 0.752. The monoisotopic (exact) mass is 439 g/mol. The molecule has 1 aliphatic rings. The number of carbonyl (C=O) groups is 1. The number of rotatable bonds is 3. The molecule has 5 nitrogen and oxygen atoms in total. The number of aromatic nitrogens is 2. The van der Waals surface area contributed by atoms with Crippen molar-refractivity contribution in [2.24, 2.45) is 0 Å². The van der Waals surface area contributed by atoms with Crippen molar-refractivity contribution < 1.29 is 9.00 Å². The van der Waals surface area contributed by atoms with Gasteiger partial charge in [0.25, 0.3) is 5.91 Å². The maximum absolute atomic E-state index is 12.8. The molecule has 0 saturated carbocycles. The third-order valence-corrected chi connectivity index (χ3v) is 6.12. The summed E-state index contributed by atoms with van der Waals surface area (Å²) in [4.78, 5) is 12.8. The molecular weight excluding hydrogens is 429 g/mol. The molecule has 0 radical (unpaired) electrons. The van der Waals surface area contributed by atoms with E-state index in [1.165, 1.54) is 6.07 Å². The molecule has 0 unspecified atom stereocenters. The van der Waals surface area contributed by atoms with Crippen LogP contribution in [0.1, 0.15) is 21.6 Å². The van der Waals surface area contributed by atoms with Crippen molar-refractivity contribution >= 4 is 57.3 Å². The Labute approximate surface area is 172 Å². The van der Waals surface area contributed by atoms with Crippen molar-refractivity contribution in [3.8, 4) is 5.69 Å². The molecule has 1 aliphatic heterocycles. The molecule has 3 aromatic rings. The van der Waals surface area contributed by atoms with Gasteiger partial charge >= 0.3 is 0 Å². The number of nitrogens with one attached hydrogen (secondary N) is 1. The third-order valence-electron chi connectivity index (χ3n) is 4.13. The molecule has 0 saturated heterocycles. The van der Waals surface area contributed by atoms with Gasteiger partial charge in [0.05, 0.1) is 33.5 Å². The zero-order valence-corrected chi connectivity index (χ0v) is 16.8. The van der Waals surface area contributed by atoms with Gasteiger partial charge in [-0.25, -0.2) is 4.68 Å². The smallest absolute Gasteiger partial charge is 0.258 e. The van der Waals surface area contributed by atoms with Gasteiger partial charge in [0.1, 0.15) is 5.82 Å². The Bertz CT molecular complexity index is 1100. The zero-order chi connectivity index (χ0) is 19.1. The van der Waals surface area contributed by atoms with Gasteiger partial charge in [-0.15, -0.1) is 0 Å². The van der Waals surface area contributed by atoms with Crippen LogP contribution in [0.15, 0.2) is 42.5 Å². The third kappa shape index (κ3) is 3.62. The Morgan fingerprint density at radius 2 is 1.85 bits per heavy atom. The van der Waals surface area contributed by atoms with Crippen LogP contribution in [0.25, 0.3) is 5.69 Å². The number of amides is 1. The van der Waals surface area contributed by atoms with Crippen LogP contribution in [0.2, 0.25) is 15.1 Å². The molecule has 2 heterocycles. The minimum Gasteiger partial charge on any atom is -0.306 e. The second kappa shape index (κ2) is 7.28. The van der Waals surface area contributed by atoms with Gasteiger partial charge in [-0.3, -0.25) is 9.00 Å². The van der Waals surface area contributed by atoms with Crippen LogP contribution in [0.3, 0.4) is 0 Å². The quantitative estimate of drug-likeness (QED) is 0.633. The number of nitrogens with zero attached hydrogens (tertiary/aromatic N) is 2. The topological polar surface area (TPSA) is 64.0 Å². The summed E-state index contributed by atoms with van der Waals surface area (Å²) in [7, 11) is -1.03. The van der Waals surface area contributed by atoms with Gasteiger partial charge < -0.3 is 5.32 Å². The molecule has 2 aromatic carbocycles. The first-order chi connectivity index (χ1) is 12.9. The number of halogens is 3. The Morgan fingerprint density at radius 3 is 2.59 bits per heavy atom. The van der Waals surface area contributed by atoms with E-state index in [2.05, 4.69) is 10.4 Å². The maximum atomic E-state index is 12.8. The Morgan fingerprint density at radius 1 is 1.07 bits per heavy atom. The Kier molecular flexibility index (Phi) is 4.99. The van der Waals surface area contributed by atoms with Crippen LogP contribution in [-0.4, -0.2) is 19.9 Å². The molecule has 0 aliphatic carbocycles. The van der Waals surface area contributed by atoms with Gasteiger partial charge in [0.15, 0.2) is 0 Å². The number of benzene rings is 2. The lowest BCUT2D eigenvalue weighted by Gasteiger charge is -2.12. The average molecular weight is 441 g/mol. The fourth-order valence-electron chi connectivity index (χ4n) is 2.90. The number of carbonyl (C=O) groups excluding carboxylic acids is 1. The maximum Gasteiger partial charge on any atom is 0.258 e. The first-order valence-electron chi connectivity index (χ1n) is 7.90. The minimum atomic E-state index is -1.03. The van der Waals surface area contributed by atoms with Gasteiger partial charge in [-0.05, 0) is 36.4 Å². The number of fused-ring (bicyclic) bond motifs is 1. The molecule has 4 rings (SSSR count). The highest BCUT2D eigenvalue weighted by Gasteiger charge is 2.28. The fourth-order valence-corrected chi connectivity index (χ4v) is 4.84. The van der Waals surface area contributed by atoms with Crippen molar-refractivity contribution in [1.29, 1.82) is 0 Å². The second-order valence-electron chi connectivity index (χ2n) is 5.97. The SMILES string of the molecule is O=C(Nc1c2c(nn1-c1cccc(Cl)c1)C[S@](=O)C2)c1ccc(Cl)cc1Cl. The molecule has 1 amide bonds. The van der Waals surface area contributed by atoms with Gasteiger partial charge in [-0.1, -0.05) is 40.9 Å². The highest BCUT2D eigenvalue weighted by Crippen LogP contribution is 2.32. The van der Waals surface area contributed by atoms with E-state index in [4.69, 9.17) is 34.8 Å². The van der Waals surface area contributed by atoms with E-state index in [9.17, 15) is 9.00 Å². The van der Waals surface area contributed by atoms with Crippen LogP contribution in [0, 0.1) is 0 Å². The Hall–Kier alpha value is -1.86. The molecule has 0 fully saturated rings. The first-order valence-corrected chi connectivity index (χ1v) is 10.5. The second-order valence-corrected chi connectivity index (χ2v) is 8.71. The van der Waals surface area contributed by atoms with Crippen molar-refractivity contribution in [2.45, 2.75) is 11.5 Å². The predicted octanol–water partition coefficient (Wildman–Crippen LogP) is 4.85. The molecular formula is C18H12Cl3N3O2S. The van der Waals surface area contributed by atoms with E-state index in [-0.39, 0.29) is 10.6 Å². The minimum absolute atomic E-state index is 0.244. The normalized spacial score (nSPS) is 15.6. The van der Waals surface area contributed by atoms with Gasteiger partial charge in [0.2, 0.25) is 0 Å². The number of anilines is 1. The van der Waals surface area contributed by atoms with Crippen LogP contribution in [0.4, 0.5) is 5.82 Å². The van der Waals surface area contributed by atoms with Crippen LogP contribution in [0.5, 0.6) is 0 Å². The molecule has 0 bridgehead atoms. The molecule has 27 heavy (non-hydrogen) atoms. The summed E-state index contributed by atoms with van der Waals surface area (Å²) < 4.78 is 13.6.